The van der Waals surface area contributed by atoms with Crippen LogP contribution in [0.2, 0.25) is 0 Å². The molecule has 1 heterocycles. The summed E-state index contributed by atoms with van der Waals surface area (Å²) in [6.45, 7) is 0. The standard InChI is InChI=1S/C20H20N2P2/c1-21-19-15-9-10-16-20(19)22(2)24(21)23(17-11-5-3-6-12-17)18-13-7-4-8-14-18/h3-16H,1-2H3. The van der Waals surface area contributed by atoms with Crippen molar-refractivity contribution in [1.82, 2.24) is 0 Å². The van der Waals surface area contributed by atoms with E-state index in [4.69, 9.17) is 0 Å². The summed E-state index contributed by atoms with van der Waals surface area (Å²) < 4.78 is 4.99. The van der Waals surface area contributed by atoms with E-state index in [1.165, 1.54) is 22.0 Å². The second kappa shape index (κ2) is 6.55. The Balaban J connectivity index is 1.84. The molecule has 3 aromatic carbocycles. The Kier molecular flexibility index (Phi) is 4.27. The molecule has 0 saturated carbocycles. The van der Waals surface area contributed by atoms with E-state index >= 15 is 0 Å². The van der Waals surface area contributed by atoms with Gasteiger partial charge in [-0.15, -0.1) is 0 Å². The van der Waals surface area contributed by atoms with Crippen LogP contribution in [0.4, 0.5) is 11.4 Å². The SMILES string of the molecule is CN1c2ccccc2N(C)P1P(c1ccccc1)c1ccccc1. The van der Waals surface area contributed by atoms with Gasteiger partial charge < -0.3 is 9.34 Å². The van der Waals surface area contributed by atoms with Gasteiger partial charge in [0, 0.05) is 21.7 Å². The van der Waals surface area contributed by atoms with Crippen molar-refractivity contribution in [2.24, 2.45) is 0 Å². The number of fused-ring (bicyclic) bond motifs is 1. The molecule has 1 aliphatic heterocycles. The van der Waals surface area contributed by atoms with Gasteiger partial charge in [0.25, 0.3) is 0 Å². The average molecular weight is 350 g/mol. The van der Waals surface area contributed by atoms with Crippen molar-refractivity contribution in [1.29, 1.82) is 0 Å². The molecule has 120 valence electrons. The zero-order chi connectivity index (χ0) is 16.5. The number of benzene rings is 3. The van der Waals surface area contributed by atoms with E-state index in [2.05, 4.69) is 108 Å². The van der Waals surface area contributed by atoms with Gasteiger partial charge in [-0.2, -0.15) is 0 Å². The first-order valence-corrected chi connectivity index (χ1v) is 11.3. The van der Waals surface area contributed by atoms with E-state index in [0.717, 1.165) is 0 Å². The van der Waals surface area contributed by atoms with Crippen LogP contribution in [0.3, 0.4) is 0 Å². The summed E-state index contributed by atoms with van der Waals surface area (Å²) in [7, 11) is 3.55. The average Bonchev–Trinajstić information content (AvgIpc) is 2.90. The zero-order valence-electron chi connectivity index (χ0n) is 13.9. The number of anilines is 2. The van der Waals surface area contributed by atoms with Crippen LogP contribution in [-0.2, 0) is 0 Å². The number of nitrogens with zero attached hydrogens (tertiary/aromatic N) is 2. The third-order valence-corrected chi connectivity index (χ3v) is 11.8. The van der Waals surface area contributed by atoms with E-state index in [0.29, 0.717) is 0 Å². The largest absolute Gasteiger partial charge is 0.331 e. The van der Waals surface area contributed by atoms with Crippen LogP contribution in [0.15, 0.2) is 84.9 Å². The second-order valence-corrected chi connectivity index (χ2v) is 11.5. The normalized spacial score (nSPS) is 14.3. The summed E-state index contributed by atoms with van der Waals surface area (Å²) in [6, 6.07) is 30.7. The van der Waals surface area contributed by atoms with Crippen molar-refractivity contribution in [3.63, 3.8) is 0 Å². The number of hydrogen-bond acceptors (Lipinski definition) is 2. The van der Waals surface area contributed by atoms with Gasteiger partial charge in [0.2, 0.25) is 0 Å². The van der Waals surface area contributed by atoms with Gasteiger partial charge >= 0.3 is 0 Å². The first-order chi connectivity index (χ1) is 11.8. The molecule has 4 heteroatoms. The molecule has 0 radical (unpaired) electrons. The molecule has 1 aliphatic rings. The summed E-state index contributed by atoms with van der Waals surface area (Å²) in [5.41, 5.74) is 2.68. The minimum absolute atomic E-state index is 0.460. The van der Waals surface area contributed by atoms with Gasteiger partial charge in [-0.25, -0.2) is 0 Å². The van der Waals surface area contributed by atoms with Gasteiger partial charge in [0.1, 0.15) is 7.91 Å². The fourth-order valence-corrected chi connectivity index (χ4v) is 10.7. The predicted octanol–water partition coefficient (Wildman–Crippen LogP) is 4.93. The van der Waals surface area contributed by atoms with Crippen molar-refractivity contribution >= 4 is 37.5 Å². The Bertz CT molecular complexity index is 755. The fraction of sp³-hybridized carbons (Fsp3) is 0.100. The smallest absolute Gasteiger partial charge is 0.129 e. The first-order valence-electron chi connectivity index (χ1n) is 8.04. The maximum Gasteiger partial charge on any atom is 0.129 e. The van der Waals surface area contributed by atoms with Gasteiger partial charge in [-0.3, -0.25) is 0 Å². The molecule has 0 amide bonds. The molecule has 3 aromatic rings. The lowest BCUT2D eigenvalue weighted by Gasteiger charge is -2.35. The summed E-state index contributed by atoms with van der Waals surface area (Å²) in [5.74, 6) is 0. The van der Waals surface area contributed by atoms with Crippen molar-refractivity contribution in [3.05, 3.63) is 84.9 Å². The van der Waals surface area contributed by atoms with Gasteiger partial charge in [-0.1, -0.05) is 72.8 Å². The number of hydrogen-bond donors (Lipinski definition) is 0. The maximum absolute atomic E-state index is 2.50. The van der Waals surface area contributed by atoms with Crippen LogP contribution in [0.5, 0.6) is 0 Å². The molecule has 0 atom stereocenters. The highest BCUT2D eigenvalue weighted by atomic mass is 32.1. The monoisotopic (exact) mass is 350 g/mol. The zero-order valence-corrected chi connectivity index (χ0v) is 15.7. The minimum atomic E-state index is -0.479. The highest BCUT2D eigenvalue weighted by Crippen LogP contribution is 2.75. The maximum atomic E-state index is 2.50. The quantitative estimate of drug-likeness (QED) is 0.618. The molecule has 0 spiro atoms. The number of rotatable bonds is 3. The third kappa shape index (κ3) is 2.61. The van der Waals surface area contributed by atoms with E-state index in [-0.39, 0.29) is 0 Å². The lowest BCUT2D eigenvalue weighted by Crippen LogP contribution is -2.20. The highest BCUT2D eigenvalue weighted by Gasteiger charge is 2.38. The molecule has 2 nitrogen and oxygen atoms in total. The van der Waals surface area contributed by atoms with Gasteiger partial charge in [-0.05, 0) is 22.7 Å². The predicted molar refractivity (Wildman–Crippen MR) is 109 cm³/mol. The molecular formula is C20H20N2P2. The van der Waals surface area contributed by atoms with Crippen LogP contribution in [0, 0.1) is 0 Å². The summed E-state index contributed by atoms with van der Waals surface area (Å²) in [6.07, 6.45) is 0. The Morgan fingerprint density at radius 3 is 1.38 bits per heavy atom. The highest BCUT2D eigenvalue weighted by molar-refractivity contribution is 8.37. The molecule has 0 saturated heterocycles. The van der Waals surface area contributed by atoms with Crippen LogP contribution in [-0.4, -0.2) is 14.1 Å². The molecule has 4 rings (SSSR count). The summed E-state index contributed by atoms with van der Waals surface area (Å²) in [5, 5.41) is 2.88. The summed E-state index contributed by atoms with van der Waals surface area (Å²) >= 11 is 0. The van der Waals surface area contributed by atoms with Crippen LogP contribution >= 0.6 is 15.5 Å². The second-order valence-electron chi connectivity index (χ2n) is 5.79. The molecular weight excluding hydrogens is 330 g/mol. The third-order valence-electron chi connectivity index (χ3n) is 4.30. The van der Waals surface area contributed by atoms with E-state index in [1.54, 1.807) is 0 Å². The lowest BCUT2D eigenvalue weighted by atomic mass is 10.3. The molecule has 0 fully saturated rings. The number of para-hydroxylation sites is 2. The fourth-order valence-electron chi connectivity index (χ4n) is 3.17. The Hall–Kier alpha value is -1.88. The molecule has 0 unspecified atom stereocenters. The topological polar surface area (TPSA) is 6.48 Å². The van der Waals surface area contributed by atoms with Crippen molar-refractivity contribution in [2.45, 2.75) is 0 Å². The molecule has 0 N–H and O–H groups in total. The molecule has 24 heavy (non-hydrogen) atoms. The first kappa shape index (κ1) is 15.6. The Labute approximate surface area is 146 Å². The van der Waals surface area contributed by atoms with Crippen LogP contribution < -0.4 is 19.9 Å². The van der Waals surface area contributed by atoms with Crippen molar-refractivity contribution in [3.8, 4) is 0 Å². The van der Waals surface area contributed by atoms with Crippen molar-refractivity contribution < 1.29 is 0 Å². The molecule has 0 bridgehead atoms. The van der Waals surface area contributed by atoms with E-state index < -0.39 is 15.5 Å². The van der Waals surface area contributed by atoms with E-state index in [9.17, 15) is 0 Å². The van der Waals surface area contributed by atoms with Crippen LogP contribution in [0.25, 0.3) is 0 Å². The van der Waals surface area contributed by atoms with Crippen molar-refractivity contribution in [2.75, 3.05) is 23.4 Å². The Morgan fingerprint density at radius 1 is 0.583 bits per heavy atom. The van der Waals surface area contributed by atoms with Gasteiger partial charge in [0.15, 0.2) is 0 Å². The van der Waals surface area contributed by atoms with Crippen LogP contribution in [0.1, 0.15) is 0 Å². The molecule has 0 aliphatic carbocycles. The molecule has 0 aromatic heterocycles. The van der Waals surface area contributed by atoms with Gasteiger partial charge in [0.05, 0.1) is 11.4 Å². The van der Waals surface area contributed by atoms with E-state index in [1.807, 2.05) is 0 Å². The summed E-state index contributed by atoms with van der Waals surface area (Å²) in [4.78, 5) is 0. The lowest BCUT2D eigenvalue weighted by molar-refractivity contribution is 1.38. The Morgan fingerprint density at radius 2 is 0.958 bits per heavy atom. The minimum Gasteiger partial charge on any atom is -0.331 e.